The molecule has 2 aliphatic rings. The number of rotatable bonds is 1. The molecule has 20 heavy (non-hydrogen) atoms. The molecular weight excluding hydrogens is 279 g/mol. The molecule has 1 aliphatic carbocycles. The molecule has 1 heterocycles. The molecule has 0 aromatic carbocycles. The Labute approximate surface area is 113 Å². The molecule has 114 valence electrons. The van der Waals surface area contributed by atoms with Crippen molar-refractivity contribution in [3.05, 3.63) is 0 Å². The highest BCUT2D eigenvalue weighted by Crippen LogP contribution is 2.70. The first-order valence-corrected chi connectivity index (χ1v) is 6.19. The monoisotopic (exact) mass is 295 g/mol. The Hall–Kier alpha value is -1.47. The maximum absolute atomic E-state index is 13.0. The molecule has 2 atom stereocenters. The SMILES string of the molecule is CC(C)(C)OC(=O)N1C[C@H]2[C@H](C1)C2(C(=O)O)C(F)(F)F. The van der Waals surface area contributed by atoms with Gasteiger partial charge in [0.15, 0.2) is 5.41 Å². The predicted molar refractivity (Wildman–Crippen MR) is 60.9 cm³/mol. The van der Waals surface area contributed by atoms with E-state index in [-0.39, 0.29) is 13.1 Å². The first-order chi connectivity index (χ1) is 8.91. The molecule has 1 N–H and O–H groups in total. The van der Waals surface area contributed by atoms with Gasteiger partial charge in [-0.05, 0) is 20.8 Å². The Kier molecular flexibility index (Phi) is 3.00. The third-order valence-electron chi connectivity index (χ3n) is 3.86. The Balaban J connectivity index is 2.06. The summed E-state index contributed by atoms with van der Waals surface area (Å²) in [6.45, 7) is 4.49. The van der Waals surface area contributed by atoms with Crippen LogP contribution in [0.3, 0.4) is 0 Å². The fourth-order valence-corrected chi connectivity index (χ4v) is 2.96. The van der Waals surface area contributed by atoms with Crippen molar-refractivity contribution in [1.29, 1.82) is 0 Å². The van der Waals surface area contributed by atoms with Gasteiger partial charge in [0.1, 0.15) is 5.60 Å². The van der Waals surface area contributed by atoms with Crippen LogP contribution in [0.4, 0.5) is 18.0 Å². The number of carboxylic acids is 1. The number of hydrogen-bond donors (Lipinski definition) is 1. The lowest BCUT2D eigenvalue weighted by molar-refractivity contribution is -0.212. The van der Waals surface area contributed by atoms with Crippen LogP contribution in [0.1, 0.15) is 20.8 Å². The Morgan fingerprint density at radius 2 is 1.65 bits per heavy atom. The van der Waals surface area contributed by atoms with E-state index in [9.17, 15) is 22.8 Å². The highest BCUT2D eigenvalue weighted by atomic mass is 19.4. The van der Waals surface area contributed by atoms with Gasteiger partial charge in [0.2, 0.25) is 0 Å². The summed E-state index contributed by atoms with van der Waals surface area (Å²) in [7, 11) is 0. The number of halogens is 3. The topological polar surface area (TPSA) is 66.8 Å². The van der Waals surface area contributed by atoms with E-state index >= 15 is 0 Å². The van der Waals surface area contributed by atoms with Crippen molar-refractivity contribution in [1.82, 2.24) is 4.90 Å². The second-order valence-electron chi connectivity index (χ2n) is 6.27. The molecule has 0 aromatic heterocycles. The van der Waals surface area contributed by atoms with E-state index in [0.29, 0.717) is 0 Å². The van der Waals surface area contributed by atoms with Crippen LogP contribution in [0.2, 0.25) is 0 Å². The number of carbonyl (C=O) groups excluding carboxylic acids is 1. The number of ether oxygens (including phenoxy) is 1. The summed E-state index contributed by atoms with van der Waals surface area (Å²) >= 11 is 0. The number of carbonyl (C=O) groups is 2. The van der Waals surface area contributed by atoms with Gasteiger partial charge in [-0.25, -0.2) is 4.79 Å². The van der Waals surface area contributed by atoms with Gasteiger partial charge in [-0.2, -0.15) is 13.2 Å². The van der Waals surface area contributed by atoms with Crippen molar-refractivity contribution in [3.8, 4) is 0 Å². The van der Waals surface area contributed by atoms with E-state index in [4.69, 9.17) is 9.84 Å². The molecule has 5 nitrogen and oxygen atoms in total. The second-order valence-corrected chi connectivity index (χ2v) is 6.27. The fraction of sp³-hybridized carbons (Fsp3) is 0.833. The van der Waals surface area contributed by atoms with E-state index in [1.807, 2.05) is 0 Å². The average molecular weight is 295 g/mol. The molecule has 0 unspecified atom stereocenters. The first kappa shape index (κ1) is 14.9. The van der Waals surface area contributed by atoms with E-state index in [1.54, 1.807) is 20.8 Å². The summed E-state index contributed by atoms with van der Waals surface area (Å²) in [5.74, 6) is -4.01. The van der Waals surface area contributed by atoms with Crippen LogP contribution in [0.5, 0.6) is 0 Å². The smallest absolute Gasteiger partial charge is 0.410 e. The van der Waals surface area contributed by atoms with Gasteiger partial charge in [-0.1, -0.05) is 0 Å². The van der Waals surface area contributed by atoms with Gasteiger partial charge < -0.3 is 14.7 Å². The molecule has 1 saturated carbocycles. The number of carboxylic acid groups (broad SMARTS) is 1. The lowest BCUT2D eigenvalue weighted by atomic mass is 9.99. The van der Waals surface area contributed by atoms with Crippen LogP contribution >= 0.6 is 0 Å². The van der Waals surface area contributed by atoms with Crippen molar-refractivity contribution in [3.63, 3.8) is 0 Å². The largest absolute Gasteiger partial charge is 0.481 e. The molecule has 8 heteroatoms. The number of piperidine rings is 1. The standard InChI is InChI=1S/C12H16F3NO4/c1-10(2,3)20-9(19)16-4-6-7(5-16)11(6,8(17)18)12(13,14)15/h6-7H,4-5H2,1-3H3,(H,17,18)/t6-,7-/m0/s1. The summed E-state index contributed by atoms with van der Waals surface area (Å²) in [6, 6.07) is 0. The van der Waals surface area contributed by atoms with Crippen molar-refractivity contribution >= 4 is 12.1 Å². The maximum Gasteiger partial charge on any atom is 0.410 e. The predicted octanol–water partition coefficient (Wildman–Crippen LogP) is 2.12. The zero-order valence-electron chi connectivity index (χ0n) is 11.3. The molecule has 0 spiro atoms. The molecule has 1 aliphatic heterocycles. The van der Waals surface area contributed by atoms with Gasteiger partial charge in [-0.3, -0.25) is 4.79 Å². The number of nitrogens with zero attached hydrogens (tertiary/aromatic N) is 1. The number of likely N-dealkylation sites (tertiary alicyclic amines) is 1. The highest BCUT2D eigenvalue weighted by Gasteiger charge is 2.85. The Morgan fingerprint density at radius 3 is 1.95 bits per heavy atom. The minimum atomic E-state index is -4.80. The molecular formula is C12H16F3NO4. The van der Waals surface area contributed by atoms with Crippen molar-refractivity contribution in [2.75, 3.05) is 13.1 Å². The number of hydrogen-bond acceptors (Lipinski definition) is 3. The minimum Gasteiger partial charge on any atom is -0.481 e. The lowest BCUT2D eigenvalue weighted by Gasteiger charge is -2.28. The molecule has 2 rings (SSSR count). The average Bonchev–Trinajstić information content (AvgIpc) is 2.63. The van der Waals surface area contributed by atoms with Gasteiger partial charge in [0.25, 0.3) is 0 Å². The van der Waals surface area contributed by atoms with Crippen LogP contribution in [-0.4, -0.2) is 46.9 Å². The molecule has 0 bridgehead atoms. The fourth-order valence-electron chi connectivity index (χ4n) is 2.96. The van der Waals surface area contributed by atoms with Crippen molar-refractivity contribution < 1.29 is 32.6 Å². The van der Waals surface area contributed by atoms with Crippen LogP contribution < -0.4 is 0 Å². The third kappa shape index (κ3) is 2.01. The Bertz CT molecular complexity index is 443. The van der Waals surface area contributed by atoms with Gasteiger partial charge in [-0.15, -0.1) is 0 Å². The number of aliphatic carboxylic acids is 1. The Morgan fingerprint density at radius 1 is 1.20 bits per heavy atom. The van der Waals surface area contributed by atoms with Gasteiger partial charge in [0.05, 0.1) is 0 Å². The van der Waals surface area contributed by atoms with E-state index < -0.39 is 41.1 Å². The lowest BCUT2D eigenvalue weighted by Crippen LogP contribution is -2.44. The summed E-state index contributed by atoms with van der Waals surface area (Å²) in [5, 5.41) is 8.90. The van der Waals surface area contributed by atoms with E-state index in [1.165, 1.54) is 0 Å². The van der Waals surface area contributed by atoms with Crippen LogP contribution in [-0.2, 0) is 9.53 Å². The normalized spacial score (nSPS) is 32.8. The summed E-state index contributed by atoms with van der Waals surface area (Å²) in [6.07, 6.45) is -5.50. The van der Waals surface area contributed by atoms with Crippen LogP contribution in [0.25, 0.3) is 0 Å². The molecule has 1 saturated heterocycles. The van der Waals surface area contributed by atoms with Crippen LogP contribution in [0, 0.1) is 17.3 Å². The molecule has 0 radical (unpaired) electrons. The molecule has 0 aromatic rings. The van der Waals surface area contributed by atoms with E-state index in [0.717, 1.165) is 4.90 Å². The highest BCUT2D eigenvalue weighted by molar-refractivity contribution is 5.82. The number of amides is 1. The molecule has 1 amide bonds. The third-order valence-corrected chi connectivity index (χ3v) is 3.86. The van der Waals surface area contributed by atoms with E-state index in [2.05, 4.69) is 0 Å². The number of alkyl halides is 3. The van der Waals surface area contributed by atoms with Gasteiger partial charge >= 0.3 is 18.2 Å². The minimum absolute atomic E-state index is 0.231. The number of fused-ring (bicyclic) bond motifs is 1. The molecule has 2 fully saturated rings. The summed E-state index contributed by atoms with van der Waals surface area (Å²) < 4.78 is 43.9. The zero-order valence-corrected chi connectivity index (χ0v) is 11.3. The zero-order chi connectivity index (χ0) is 15.5. The van der Waals surface area contributed by atoms with Crippen molar-refractivity contribution in [2.45, 2.75) is 32.5 Å². The summed E-state index contributed by atoms with van der Waals surface area (Å²) in [4.78, 5) is 23.9. The van der Waals surface area contributed by atoms with Crippen LogP contribution in [0.15, 0.2) is 0 Å². The summed E-state index contributed by atoms with van der Waals surface area (Å²) in [5.41, 5.74) is -3.43. The van der Waals surface area contributed by atoms with Gasteiger partial charge in [0, 0.05) is 24.9 Å². The van der Waals surface area contributed by atoms with Crippen molar-refractivity contribution in [2.24, 2.45) is 17.3 Å². The first-order valence-electron chi connectivity index (χ1n) is 6.19. The second kappa shape index (κ2) is 4.02. The maximum atomic E-state index is 13.0. The quantitative estimate of drug-likeness (QED) is 0.804.